The third-order valence-electron chi connectivity index (χ3n) is 2.60. The van der Waals surface area contributed by atoms with Crippen molar-refractivity contribution in [3.63, 3.8) is 0 Å². The number of hydrogen-bond acceptors (Lipinski definition) is 2. The number of rotatable bonds is 2. The van der Waals surface area contributed by atoms with Crippen LogP contribution < -0.4 is 11.1 Å². The largest absolute Gasteiger partial charge is 0.396 e. The zero-order valence-corrected chi connectivity index (χ0v) is 10.4. The van der Waals surface area contributed by atoms with Gasteiger partial charge in [-0.15, -0.1) is 0 Å². The number of nitrogens with one attached hydrogen (secondary N) is 1. The van der Waals surface area contributed by atoms with Crippen molar-refractivity contribution < 1.29 is 8.78 Å². The van der Waals surface area contributed by atoms with Gasteiger partial charge >= 0.3 is 0 Å². The van der Waals surface area contributed by atoms with E-state index >= 15 is 0 Å². The SMILES string of the molecule is Cc1ccc(F)c(Nc2cccc(Cl)c2N)c1F. The van der Waals surface area contributed by atoms with Crippen LogP contribution in [-0.2, 0) is 0 Å². The second kappa shape index (κ2) is 4.82. The first-order chi connectivity index (χ1) is 8.50. The molecule has 0 aliphatic heterocycles. The summed E-state index contributed by atoms with van der Waals surface area (Å²) in [6.07, 6.45) is 0. The molecule has 0 heterocycles. The van der Waals surface area contributed by atoms with Crippen molar-refractivity contribution in [3.8, 4) is 0 Å². The van der Waals surface area contributed by atoms with Crippen LogP contribution in [0.4, 0.5) is 25.8 Å². The Balaban J connectivity index is 2.46. The minimum atomic E-state index is -0.683. The van der Waals surface area contributed by atoms with E-state index in [4.69, 9.17) is 17.3 Å². The molecule has 0 spiro atoms. The maximum Gasteiger partial charge on any atom is 0.152 e. The Morgan fingerprint density at radius 2 is 1.89 bits per heavy atom. The van der Waals surface area contributed by atoms with E-state index in [2.05, 4.69) is 5.32 Å². The Labute approximate surface area is 108 Å². The number of para-hydroxylation sites is 1. The van der Waals surface area contributed by atoms with Crippen LogP contribution in [0.1, 0.15) is 5.56 Å². The highest BCUT2D eigenvalue weighted by Crippen LogP contribution is 2.32. The van der Waals surface area contributed by atoms with Gasteiger partial charge < -0.3 is 11.1 Å². The summed E-state index contributed by atoms with van der Waals surface area (Å²) in [4.78, 5) is 0. The van der Waals surface area contributed by atoms with Crippen molar-refractivity contribution in [1.82, 2.24) is 0 Å². The van der Waals surface area contributed by atoms with Crippen molar-refractivity contribution in [1.29, 1.82) is 0 Å². The van der Waals surface area contributed by atoms with E-state index in [1.165, 1.54) is 12.1 Å². The molecule has 0 saturated carbocycles. The first kappa shape index (κ1) is 12.6. The monoisotopic (exact) mass is 268 g/mol. The molecule has 0 bridgehead atoms. The van der Waals surface area contributed by atoms with Crippen LogP contribution in [0.3, 0.4) is 0 Å². The molecule has 94 valence electrons. The zero-order chi connectivity index (χ0) is 13.3. The highest BCUT2D eigenvalue weighted by atomic mass is 35.5. The molecule has 18 heavy (non-hydrogen) atoms. The van der Waals surface area contributed by atoms with Gasteiger partial charge in [-0.2, -0.15) is 0 Å². The molecule has 0 aliphatic carbocycles. The fraction of sp³-hybridized carbons (Fsp3) is 0.0769. The van der Waals surface area contributed by atoms with E-state index in [-0.39, 0.29) is 11.4 Å². The molecule has 0 unspecified atom stereocenters. The Kier molecular flexibility index (Phi) is 3.39. The van der Waals surface area contributed by atoms with Gasteiger partial charge in [0.15, 0.2) is 5.82 Å². The maximum absolute atomic E-state index is 13.8. The average molecular weight is 269 g/mol. The molecular formula is C13H11ClF2N2. The van der Waals surface area contributed by atoms with Crippen molar-refractivity contribution in [2.45, 2.75) is 6.92 Å². The Morgan fingerprint density at radius 1 is 1.17 bits per heavy atom. The van der Waals surface area contributed by atoms with Crippen LogP contribution in [0.2, 0.25) is 5.02 Å². The van der Waals surface area contributed by atoms with Crippen molar-refractivity contribution in [2.24, 2.45) is 0 Å². The Hall–Kier alpha value is -1.81. The third-order valence-corrected chi connectivity index (χ3v) is 2.93. The molecule has 0 radical (unpaired) electrons. The van der Waals surface area contributed by atoms with Gasteiger partial charge in [0.1, 0.15) is 11.5 Å². The fourth-order valence-electron chi connectivity index (χ4n) is 1.55. The summed E-state index contributed by atoms with van der Waals surface area (Å²) in [6, 6.07) is 7.42. The standard InChI is InChI=1S/C13H11ClF2N2/c1-7-5-6-9(15)13(11(7)16)18-10-4-2-3-8(14)12(10)17/h2-6,18H,17H2,1H3. The number of benzene rings is 2. The van der Waals surface area contributed by atoms with E-state index in [1.54, 1.807) is 25.1 Å². The quantitative estimate of drug-likeness (QED) is 0.799. The van der Waals surface area contributed by atoms with Gasteiger partial charge in [-0.1, -0.05) is 23.7 Å². The summed E-state index contributed by atoms with van der Waals surface area (Å²) in [5.74, 6) is -1.33. The van der Waals surface area contributed by atoms with Gasteiger partial charge in [-0.3, -0.25) is 0 Å². The van der Waals surface area contributed by atoms with Crippen LogP contribution >= 0.6 is 11.6 Å². The fourth-order valence-corrected chi connectivity index (χ4v) is 1.73. The molecule has 2 aromatic rings. The number of halogens is 3. The topological polar surface area (TPSA) is 38.0 Å². The van der Waals surface area contributed by atoms with Crippen molar-refractivity contribution in [3.05, 3.63) is 52.6 Å². The van der Waals surface area contributed by atoms with Gasteiger partial charge in [-0.05, 0) is 30.7 Å². The summed E-state index contributed by atoms with van der Waals surface area (Å²) in [5, 5.41) is 2.96. The van der Waals surface area contributed by atoms with E-state index < -0.39 is 11.6 Å². The first-order valence-electron chi connectivity index (χ1n) is 5.26. The molecule has 2 rings (SSSR count). The summed E-state index contributed by atoms with van der Waals surface area (Å²) >= 11 is 5.84. The first-order valence-corrected chi connectivity index (χ1v) is 5.64. The zero-order valence-electron chi connectivity index (χ0n) is 9.60. The molecule has 2 nitrogen and oxygen atoms in total. The van der Waals surface area contributed by atoms with Gasteiger partial charge in [0.2, 0.25) is 0 Å². The highest BCUT2D eigenvalue weighted by Gasteiger charge is 2.13. The second-order valence-corrected chi connectivity index (χ2v) is 4.29. The van der Waals surface area contributed by atoms with E-state index in [9.17, 15) is 8.78 Å². The van der Waals surface area contributed by atoms with Crippen LogP contribution in [0, 0.1) is 18.6 Å². The van der Waals surface area contributed by atoms with Gasteiger partial charge in [-0.25, -0.2) is 8.78 Å². The number of nitrogens with two attached hydrogens (primary N) is 1. The summed E-state index contributed by atoms with van der Waals surface area (Å²) in [5.41, 5.74) is 6.46. The van der Waals surface area contributed by atoms with Gasteiger partial charge in [0, 0.05) is 0 Å². The van der Waals surface area contributed by atoms with Crippen molar-refractivity contribution in [2.75, 3.05) is 11.1 Å². The van der Waals surface area contributed by atoms with Gasteiger partial charge in [0.25, 0.3) is 0 Å². The van der Waals surface area contributed by atoms with E-state index in [0.29, 0.717) is 16.3 Å². The second-order valence-electron chi connectivity index (χ2n) is 3.88. The molecule has 0 aliphatic rings. The number of anilines is 3. The lowest BCUT2D eigenvalue weighted by atomic mass is 10.2. The summed E-state index contributed by atoms with van der Waals surface area (Å²) < 4.78 is 27.4. The Morgan fingerprint density at radius 3 is 2.61 bits per heavy atom. The number of aryl methyl sites for hydroxylation is 1. The molecule has 0 fully saturated rings. The predicted molar refractivity (Wildman–Crippen MR) is 70.2 cm³/mol. The lowest BCUT2D eigenvalue weighted by Gasteiger charge is -2.12. The third kappa shape index (κ3) is 2.24. The minimum absolute atomic E-state index is 0.232. The molecule has 3 N–H and O–H groups in total. The normalized spacial score (nSPS) is 10.4. The molecule has 2 aromatic carbocycles. The molecular weight excluding hydrogens is 258 g/mol. The van der Waals surface area contributed by atoms with Crippen LogP contribution in [0.25, 0.3) is 0 Å². The van der Waals surface area contributed by atoms with Crippen LogP contribution in [-0.4, -0.2) is 0 Å². The molecule has 0 amide bonds. The van der Waals surface area contributed by atoms with E-state index in [0.717, 1.165) is 0 Å². The number of hydrogen-bond donors (Lipinski definition) is 2. The molecule has 0 atom stereocenters. The maximum atomic E-state index is 13.8. The molecule has 0 saturated heterocycles. The average Bonchev–Trinajstić information content (AvgIpc) is 2.35. The van der Waals surface area contributed by atoms with Gasteiger partial charge in [0.05, 0.1) is 16.4 Å². The van der Waals surface area contributed by atoms with Crippen LogP contribution in [0.5, 0.6) is 0 Å². The predicted octanol–water partition coefficient (Wildman–Crippen LogP) is 4.25. The molecule has 5 heteroatoms. The highest BCUT2D eigenvalue weighted by molar-refractivity contribution is 6.33. The Bertz CT molecular complexity index is 600. The lowest BCUT2D eigenvalue weighted by molar-refractivity contribution is 0.585. The molecule has 0 aromatic heterocycles. The lowest BCUT2D eigenvalue weighted by Crippen LogP contribution is -2.02. The smallest absolute Gasteiger partial charge is 0.152 e. The van der Waals surface area contributed by atoms with E-state index in [1.807, 2.05) is 0 Å². The van der Waals surface area contributed by atoms with Crippen LogP contribution in [0.15, 0.2) is 30.3 Å². The minimum Gasteiger partial charge on any atom is -0.396 e. The summed E-state index contributed by atoms with van der Waals surface area (Å²) in [7, 11) is 0. The van der Waals surface area contributed by atoms with Crippen molar-refractivity contribution >= 4 is 28.7 Å². The number of nitrogen functional groups attached to an aromatic ring is 1. The summed E-state index contributed by atoms with van der Waals surface area (Å²) in [6.45, 7) is 1.56.